The average molecular weight is 513 g/mol. The summed E-state index contributed by atoms with van der Waals surface area (Å²) < 4.78 is 11.5. The summed E-state index contributed by atoms with van der Waals surface area (Å²) in [5.41, 5.74) is 15.9. The van der Waals surface area contributed by atoms with Crippen molar-refractivity contribution in [3.63, 3.8) is 0 Å². The van der Waals surface area contributed by atoms with E-state index in [0.29, 0.717) is 11.4 Å². The quantitative estimate of drug-likeness (QED) is 0.263. The summed E-state index contributed by atoms with van der Waals surface area (Å²) in [4.78, 5) is 40.3. The zero-order chi connectivity index (χ0) is 27.2. The largest absolute Gasteiger partial charge is 0.412 e. The molecule has 0 aliphatic heterocycles. The second kappa shape index (κ2) is 9.07. The van der Waals surface area contributed by atoms with Crippen LogP contribution in [-0.2, 0) is 10.3 Å². The van der Waals surface area contributed by atoms with Gasteiger partial charge in [0.2, 0.25) is 11.8 Å². The average Bonchev–Trinajstić information content (AvgIpc) is 3.49. The molecule has 192 valence electrons. The number of primary amides is 1. The lowest BCUT2D eigenvalue weighted by atomic mass is 10.0. The predicted octanol–water partition coefficient (Wildman–Crippen LogP) is 4.09. The van der Waals surface area contributed by atoms with Crippen LogP contribution in [0, 0.1) is 6.92 Å². The van der Waals surface area contributed by atoms with Gasteiger partial charge >= 0.3 is 18.0 Å². The first-order valence-electron chi connectivity index (χ1n) is 11.6. The fourth-order valence-corrected chi connectivity index (χ4v) is 4.20. The Morgan fingerprint density at radius 3 is 2.39 bits per heavy atom. The van der Waals surface area contributed by atoms with Gasteiger partial charge in [0.25, 0.3) is 0 Å². The Labute approximate surface area is 216 Å². The van der Waals surface area contributed by atoms with Crippen LogP contribution in [0.4, 0.5) is 10.7 Å². The fourth-order valence-electron chi connectivity index (χ4n) is 4.20. The third-order valence-electron chi connectivity index (χ3n) is 5.78. The number of aromatic nitrogens is 6. The van der Waals surface area contributed by atoms with E-state index in [0.717, 1.165) is 33.3 Å². The number of nitrogen functional groups attached to an aromatic ring is 1. The molecule has 0 aliphatic rings. The van der Waals surface area contributed by atoms with Gasteiger partial charge in [-0.25, -0.2) is 24.5 Å². The SMILES string of the molecule is Cc1ccc(-c2noc(C(=O)OC(N)=O)n2)c(-c2nc3cc(-c4cnc(N)nc4)ccc3n2C(C)(C)C)c1. The standard InChI is InChI=1S/C26H24N8O4/c1-13-5-7-16(20-32-22(38-33-20)23(35)37-25(28)36)17(9-13)21-31-18-10-14(15-11-29-24(27)30-12-15)6-8-19(18)34(21)26(2,3)4/h5-12H,1-4H3,(H2,28,36)(H2,27,29,30). The van der Waals surface area contributed by atoms with E-state index < -0.39 is 18.0 Å². The highest BCUT2D eigenvalue weighted by Gasteiger charge is 2.27. The summed E-state index contributed by atoms with van der Waals surface area (Å²) in [6.45, 7) is 8.21. The highest BCUT2D eigenvalue weighted by atomic mass is 16.6. The van der Waals surface area contributed by atoms with Gasteiger partial charge in [-0.15, -0.1) is 0 Å². The second-order valence-corrected chi connectivity index (χ2v) is 9.66. The number of rotatable bonds is 4. The van der Waals surface area contributed by atoms with Crippen molar-refractivity contribution in [2.45, 2.75) is 33.2 Å². The van der Waals surface area contributed by atoms with Crippen molar-refractivity contribution in [1.29, 1.82) is 0 Å². The number of imidazole rings is 1. The summed E-state index contributed by atoms with van der Waals surface area (Å²) in [5.74, 6) is -0.628. The molecule has 1 amide bonds. The number of fused-ring (bicyclic) bond motifs is 1. The zero-order valence-corrected chi connectivity index (χ0v) is 21.1. The van der Waals surface area contributed by atoms with E-state index in [-0.39, 0.29) is 17.3 Å². The normalized spacial score (nSPS) is 11.6. The number of carbonyl (C=O) groups is 2. The van der Waals surface area contributed by atoms with Crippen LogP contribution >= 0.6 is 0 Å². The van der Waals surface area contributed by atoms with Gasteiger partial charge in [0.15, 0.2) is 0 Å². The Morgan fingerprint density at radius 2 is 1.71 bits per heavy atom. The Morgan fingerprint density at radius 1 is 0.974 bits per heavy atom. The van der Waals surface area contributed by atoms with Gasteiger partial charge in [-0.05, 0) is 51.5 Å². The summed E-state index contributed by atoms with van der Waals surface area (Å²) >= 11 is 0. The van der Waals surface area contributed by atoms with Crippen molar-refractivity contribution in [2.75, 3.05) is 5.73 Å². The van der Waals surface area contributed by atoms with Gasteiger partial charge in [0, 0.05) is 34.6 Å². The van der Waals surface area contributed by atoms with Gasteiger partial charge in [-0.3, -0.25) is 0 Å². The molecule has 38 heavy (non-hydrogen) atoms. The van der Waals surface area contributed by atoms with Crippen molar-refractivity contribution in [1.82, 2.24) is 29.7 Å². The summed E-state index contributed by atoms with van der Waals surface area (Å²) in [7, 11) is 0. The van der Waals surface area contributed by atoms with Crippen LogP contribution in [0.2, 0.25) is 0 Å². The number of aryl methyl sites for hydroxylation is 1. The first kappa shape index (κ1) is 24.6. The molecule has 5 aromatic rings. The first-order chi connectivity index (χ1) is 18.0. The van der Waals surface area contributed by atoms with E-state index in [1.165, 1.54) is 0 Å². The molecule has 0 saturated heterocycles. The topological polar surface area (TPSA) is 178 Å². The van der Waals surface area contributed by atoms with Crippen LogP contribution < -0.4 is 11.5 Å². The molecule has 3 aromatic heterocycles. The summed E-state index contributed by atoms with van der Waals surface area (Å²) in [6, 6.07) is 11.6. The number of benzene rings is 2. The highest BCUT2D eigenvalue weighted by molar-refractivity contribution is 5.93. The minimum absolute atomic E-state index is 0.128. The predicted molar refractivity (Wildman–Crippen MR) is 139 cm³/mol. The molecule has 0 radical (unpaired) electrons. The van der Waals surface area contributed by atoms with E-state index >= 15 is 0 Å². The van der Waals surface area contributed by atoms with Crippen molar-refractivity contribution in [2.24, 2.45) is 5.73 Å². The van der Waals surface area contributed by atoms with Gasteiger partial charge in [-0.2, -0.15) is 4.98 Å². The Hall–Kier alpha value is -5.13. The molecular formula is C26H24N8O4. The molecule has 12 heteroatoms. The van der Waals surface area contributed by atoms with Gasteiger partial charge < -0.3 is 25.3 Å². The summed E-state index contributed by atoms with van der Waals surface area (Å²) in [5, 5.41) is 3.94. The van der Waals surface area contributed by atoms with Crippen LogP contribution in [0.15, 0.2) is 53.3 Å². The number of amides is 1. The summed E-state index contributed by atoms with van der Waals surface area (Å²) in [6.07, 6.45) is 2.07. The number of carbonyl (C=O) groups excluding carboxylic acids is 2. The molecule has 0 aliphatic carbocycles. The zero-order valence-electron chi connectivity index (χ0n) is 21.1. The highest BCUT2D eigenvalue weighted by Crippen LogP contribution is 2.37. The molecule has 0 saturated carbocycles. The van der Waals surface area contributed by atoms with Crippen molar-refractivity contribution < 1.29 is 18.8 Å². The second-order valence-electron chi connectivity index (χ2n) is 9.66. The minimum atomic E-state index is -1.27. The number of hydrogen-bond donors (Lipinski definition) is 2. The molecule has 0 spiro atoms. The Kier molecular flexibility index (Phi) is 5.86. The van der Waals surface area contributed by atoms with Crippen LogP contribution in [0.3, 0.4) is 0 Å². The van der Waals surface area contributed by atoms with Gasteiger partial charge in [0.1, 0.15) is 5.82 Å². The van der Waals surface area contributed by atoms with Crippen LogP contribution in [0.25, 0.3) is 44.9 Å². The first-order valence-corrected chi connectivity index (χ1v) is 11.6. The molecule has 0 fully saturated rings. The molecule has 4 N–H and O–H groups in total. The lowest BCUT2D eigenvalue weighted by Crippen LogP contribution is -2.22. The van der Waals surface area contributed by atoms with Gasteiger partial charge in [-0.1, -0.05) is 28.9 Å². The molecule has 0 unspecified atom stereocenters. The molecule has 0 bridgehead atoms. The minimum Gasteiger partial charge on any atom is -0.369 e. The molecule has 3 heterocycles. The van der Waals surface area contributed by atoms with Crippen molar-refractivity contribution in [3.8, 4) is 33.9 Å². The van der Waals surface area contributed by atoms with Crippen molar-refractivity contribution >= 4 is 29.0 Å². The van der Waals surface area contributed by atoms with Crippen LogP contribution in [-0.4, -0.2) is 41.7 Å². The number of ether oxygens (including phenoxy) is 1. The van der Waals surface area contributed by atoms with E-state index in [9.17, 15) is 9.59 Å². The van der Waals surface area contributed by atoms with E-state index in [2.05, 4.69) is 50.2 Å². The smallest absolute Gasteiger partial charge is 0.369 e. The van der Waals surface area contributed by atoms with Crippen LogP contribution in [0.5, 0.6) is 0 Å². The lowest BCUT2D eigenvalue weighted by Gasteiger charge is -2.25. The van der Waals surface area contributed by atoms with Gasteiger partial charge in [0.05, 0.1) is 11.0 Å². The number of hydrogen-bond acceptors (Lipinski definition) is 10. The number of esters is 1. The van der Waals surface area contributed by atoms with E-state index in [4.69, 9.17) is 21.0 Å². The molecule has 12 nitrogen and oxygen atoms in total. The van der Waals surface area contributed by atoms with E-state index in [1.807, 2.05) is 43.3 Å². The Balaban J connectivity index is 1.69. The number of nitrogens with zero attached hydrogens (tertiary/aromatic N) is 6. The molecule has 0 atom stereocenters. The third kappa shape index (κ3) is 4.54. The monoisotopic (exact) mass is 512 g/mol. The Bertz CT molecular complexity index is 1700. The number of anilines is 1. The third-order valence-corrected chi connectivity index (χ3v) is 5.78. The molecule has 2 aromatic carbocycles. The fraction of sp³-hybridized carbons (Fsp3) is 0.192. The van der Waals surface area contributed by atoms with E-state index in [1.54, 1.807) is 12.4 Å². The maximum Gasteiger partial charge on any atom is 0.412 e. The van der Waals surface area contributed by atoms with Crippen LogP contribution in [0.1, 0.15) is 37.0 Å². The maximum atomic E-state index is 12.0. The molecular weight excluding hydrogens is 488 g/mol. The van der Waals surface area contributed by atoms with Crippen molar-refractivity contribution in [3.05, 3.63) is 60.2 Å². The maximum absolute atomic E-state index is 12.0. The molecule has 5 rings (SSSR count). The number of nitrogens with two attached hydrogens (primary N) is 2. The lowest BCUT2D eigenvalue weighted by molar-refractivity contribution is 0.0586.